The number of benzene rings is 1. The van der Waals surface area contributed by atoms with Crippen LogP contribution in [0.1, 0.15) is 11.3 Å². The van der Waals surface area contributed by atoms with E-state index >= 15 is 0 Å². The average Bonchev–Trinajstić information content (AvgIpc) is 2.41. The van der Waals surface area contributed by atoms with Crippen molar-refractivity contribution in [3.63, 3.8) is 0 Å². The maximum Gasteiger partial charge on any atom is 0.219 e. The van der Waals surface area contributed by atoms with Crippen molar-refractivity contribution in [2.24, 2.45) is 10.9 Å². The third-order valence-electron chi connectivity index (χ3n) is 2.45. The minimum atomic E-state index is -0.330. The van der Waals surface area contributed by atoms with Gasteiger partial charge in [0.05, 0.1) is 0 Å². The number of hydrogen-bond donors (Lipinski definition) is 2. The lowest BCUT2D eigenvalue weighted by Crippen LogP contribution is -2.14. The molecule has 0 fully saturated rings. The van der Waals surface area contributed by atoms with Crippen molar-refractivity contribution in [3.8, 4) is 11.6 Å². The van der Waals surface area contributed by atoms with E-state index in [2.05, 4.69) is 10.1 Å². The van der Waals surface area contributed by atoms with Crippen molar-refractivity contribution < 1.29 is 14.3 Å². The van der Waals surface area contributed by atoms with Gasteiger partial charge in [-0.3, -0.25) is 0 Å². The Morgan fingerprint density at radius 2 is 2.16 bits per heavy atom. The smallest absolute Gasteiger partial charge is 0.219 e. The molecule has 0 unspecified atom stereocenters. The number of rotatable bonds is 3. The van der Waals surface area contributed by atoms with Gasteiger partial charge < -0.3 is 15.7 Å². The molecule has 2 aromatic rings. The maximum atomic E-state index is 13.0. The molecule has 0 aliphatic heterocycles. The Labute approximate surface area is 109 Å². The van der Waals surface area contributed by atoms with E-state index in [1.807, 2.05) is 0 Å². The SMILES string of the molecule is Cc1cc(F)ccc1Oc1cccc(/C(N)=N/O)n1. The van der Waals surface area contributed by atoms with Crippen molar-refractivity contribution in [1.29, 1.82) is 0 Å². The Hall–Kier alpha value is -2.63. The Bertz CT molecular complexity index is 629. The second-order valence-corrected chi connectivity index (χ2v) is 3.86. The van der Waals surface area contributed by atoms with Gasteiger partial charge in [-0.05, 0) is 36.8 Å². The van der Waals surface area contributed by atoms with Crippen molar-refractivity contribution in [2.45, 2.75) is 6.92 Å². The van der Waals surface area contributed by atoms with E-state index < -0.39 is 0 Å². The number of hydrogen-bond acceptors (Lipinski definition) is 4. The second kappa shape index (κ2) is 5.34. The Morgan fingerprint density at radius 3 is 2.84 bits per heavy atom. The Balaban J connectivity index is 2.28. The fraction of sp³-hybridized carbons (Fsp3) is 0.0769. The monoisotopic (exact) mass is 261 g/mol. The van der Waals surface area contributed by atoms with Crippen LogP contribution in [0.2, 0.25) is 0 Å². The molecule has 98 valence electrons. The van der Waals surface area contributed by atoms with Gasteiger partial charge in [-0.1, -0.05) is 11.2 Å². The van der Waals surface area contributed by atoms with Crippen LogP contribution in [0.4, 0.5) is 4.39 Å². The van der Waals surface area contributed by atoms with Crippen LogP contribution in [-0.2, 0) is 0 Å². The molecule has 0 spiro atoms. The summed E-state index contributed by atoms with van der Waals surface area (Å²) in [5.74, 6) is 0.328. The van der Waals surface area contributed by atoms with Crippen LogP contribution in [0.5, 0.6) is 11.6 Å². The molecule has 0 radical (unpaired) electrons. The summed E-state index contributed by atoms with van der Waals surface area (Å²) < 4.78 is 18.5. The maximum absolute atomic E-state index is 13.0. The van der Waals surface area contributed by atoms with E-state index in [0.717, 1.165) is 0 Å². The predicted octanol–water partition coefficient (Wildman–Crippen LogP) is 2.42. The molecule has 0 atom stereocenters. The molecule has 0 saturated carbocycles. The van der Waals surface area contributed by atoms with Crippen molar-refractivity contribution in [2.75, 3.05) is 0 Å². The van der Waals surface area contributed by atoms with Crippen LogP contribution in [0.25, 0.3) is 0 Å². The number of nitrogens with zero attached hydrogens (tertiary/aromatic N) is 2. The minimum absolute atomic E-state index is 0.110. The zero-order valence-electron chi connectivity index (χ0n) is 10.2. The number of nitrogens with two attached hydrogens (primary N) is 1. The second-order valence-electron chi connectivity index (χ2n) is 3.86. The van der Waals surface area contributed by atoms with Crippen LogP contribution < -0.4 is 10.5 Å². The van der Waals surface area contributed by atoms with Crippen LogP contribution in [0, 0.1) is 12.7 Å². The summed E-state index contributed by atoms with van der Waals surface area (Å²) in [6.45, 7) is 1.73. The van der Waals surface area contributed by atoms with Gasteiger partial charge in [0.1, 0.15) is 17.3 Å². The first-order valence-electron chi connectivity index (χ1n) is 5.49. The summed E-state index contributed by atoms with van der Waals surface area (Å²) >= 11 is 0. The third kappa shape index (κ3) is 2.98. The largest absolute Gasteiger partial charge is 0.439 e. The quantitative estimate of drug-likeness (QED) is 0.385. The van der Waals surface area contributed by atoms with Crippen molar-refractivity contribution in [1.82, 2.24) is 4.98 Å². The highest BCUT2D eigenvalue weighted by Crippen LogP contribution is 2.24. The standard InChI is InChI=1S/C13H12FN3O2/c1-8-7-9(14)5-6-11(8)19-12-4-2-3-10(16-12)13(15)17-18/h2-7,18H,1H3,(H2,15,17). The van der Waals surface area contributed by atoms with Gasteiger partial charge >= 0.3 is 0 Å². The minimum Gasteiger partial charge on any atom is -0.439 e. The van der Waals surface area contributed by atoms with Crippen LogP contribution in [-0.4, -0.2) is 16.0 Å². The summed E-state index contributed by atoms with van der Waals surface area (Å²) in [4.78, 5) is 4.07. The van der Waals surface area contributed by atoms with E-state index in [0.29, 0.717) is 17.0 Å². The van der Waals surface area contributed by atoms with E-state index in [9.17, 15) is 4.39 Å². The van der Waals surface area contributed by atoms with E-state index in [1.165, 1.54) is 18.2 Å². The highest BCUT2D eigenvalue weighted by atomic mass is 19.1. The van der Waals surface area contributed by atoms with Gasteiger partial charge in [0.2, 0.25) is 5.88 Å². The molecular formula is C13H12FN3O2. The zero-order chi connectivity index (χ0) is 13.8. The summed E-state index contributed by atoms with van der Waals surface area (Å²) in [5.41, 5.74) is 6.38. The van der Waals surface area contributed by atoms with Crippen molar-refractivity contribution >= 4 is 5.84 Å². The first kappa shape index (κ1) is 12.8. The number of ether oxygens (including phenoxy) is 1. The number of oxime groups is 1. The summed E-state index contributed by atoms with van der Waals surface area (Å²) in [5, 5.41) is 11.4. The summed E-state index contributed by atoms with van der Waals surface area (Å²) in [6.07, 6.45) is 0. The molecule has 3 N–H and O–H groups in total. The van der Waals surface area contributed by atoms with Gasteiger partial charge in [-0.15, -0.1) is 0 Å². The molecule has 0 aliphatic carbocycles. The normalized spacial score (nSPS) is 11.4. The van der Waals surface area contributed by atoms with Crippen LogP contribution in [0.3, 0.4) is 0 Å². The molecule has 19 heavy (non-hydrogen) atoms. The molecule has 0 aliphatic rings. The lowest BCUT2D eigenvalue weighted by Gasteiger charge is -2.08. The topological polar surface area (TPSA) is 80.7 Å². The summed E-state index contributed by atoms with van der Waals surface area (Å²) in [6, 6.07) is 9.05. The molecule has 1 heterocycles. The van der Waals surface area contributed by atoms with Gasteiger partial charge in [0.15, 0.2) is 5.84 Å². The summed E-state index contributed by atoms with van der Waals surface area (Å²) in [7, 11) is 0. The highest BCUT2D eigenvalue weighted by molar-refractivity contribution is 5.95. The first-order valence-corrected chi connectivity index (χ1v) is 5.49. The van der Waals surface area contributed by atoms with Crippen molar-refractivity contribution in [3.05, 3.63) is 53.5 Å². The highest BCUT2D eigenvalue weighted by Gasteiger charge is 2.06. The van der Waals surface area contributed by atoms with Gasteiger partial charge in [-0.2, -0.15) is 0 Å². The Morgan fingerprint density at radius 1 is 1.37 bits per heavy atom. The average molecular weight is 261 g/mol. The van der Waals surface area contributed by atoms with Gasteiger partial charge in [-0.25, -0.2) is 9.37 Å². The molecule has 1 aromatic carbocycles. The fourth-order valence-electron chi connectivity index (χ4n) is 1.51. The first-order chi connectivity index (χ1) is 9.10. The third-order valence-corrected chi connectivity index (χ3v) is 2.45. The molecule has 0 bridgehead atoms. The molecule has 1 aromatic heterocycles. The van der Waals surface area contributed by atoms with Gasteiger partial charge in [0, 0.05) is 6.07 Å². The predicted molar refractivity (Wildman–Crippen MR) is 68.0 cm³/mol. The lowest BCUT2D eigenvalue weighted by atomic mass is 10.2. The number of amidine groups is 1. The van der Waals surface area contributed by atoms with Crippen LogP contribution in [0.15, 0.2) is 41.6 Å². The number of aromatic nitrogens is 1. The van der Waals surface area contributed by atoms with E-state index in [4.69, 9.17) is 15.7 Å². The number of aryl methyl sites for hydroxylation is 1. The fourth-order valence-corrected chi connectivity index (χ4v) is 1.51. The molecule has 2 rings (SSSR count). The molecule has 0 amide bonds. The van der Waals surface area contributed by atoms with E-state index in [1.54, 1.807) is 25.1 Å². The van der Waals surface area contributed by atoms with Gasteiger partial charge in [0.25, 0.3) is 0 Å². The number of halogens is 1. The molecular weight excluding hydrogens is 249 g/mol. The lowest BCUT2D eigenvalue weighted by molar-refractivity contribution is 0.318. The molecule has 5 nitrogen and oxygen atoms in total. The molecule has 0 saturated heterocycles. The van der Waals surface area contributed by atoms with E-state index in [-0.39, 0.29) is 17.5 Å². The Kier molecular flexibility index (Phi) is 3.61. The zero-order valence-corrected chi connectivity index (χ0v) is 10.2. The van der Waals surface area contributed by atoms with Crippen LogP contribution >= 0.6 is 0 Å². The number of pyridine rings is 1. The molecule has 6 heteroatoms.